The highest BCUT2D eigenvalue weighted by Crippen LogP contribution is 2.34. The second-order valence-electron chi connectivity index (χ2n) is 8.80. The molecule has 0 amide bonds. The van der Waals surface area contributed by atoms with E-state index in [0.29, 0.717) is 44.0 Å². The van der Waals surface area contributed by atoms with E-state index in [9.17, 15) is 19.3 Å². The van der Waals surface area contributed by atoms with Gasteiger partial charge in [0.1, 0.15) is 12.1 Å². The number of hydrogen-bond acceptors (Lipinski definition) is 9. The second kappa shape index (κ2) is 11.0. The fourth-order valence-electron chi connectivity index (χ4n) is 3.84. The minimum atomic E-state index is -0.498. The van der Waals surface area contributed by atoms with Crippen LogP contribution in [0.1, 0.15) is 24.2 Å². The van der Waals surface area contributed by atoms with Crippen molar-refractivity contribution >= 4 is 34.7 Å². The molecule has 0 saturated carbocycles. The Labute approximate surface area is 207 Å². The summed E-state index contributed by atoms with van der Waals surface area (Å²) in [6, 6.07) is 12.7. The molecule has 1 N–H and O–H groups in total. The van der Waals surface area contributed by atoms with Crippen molar-refractivity contribution < 1.29 is 18.8 Å². The molecule has 2 heterocycles. The van der Waals surface area contributed by atoms with Gasteiger partial charge in [-0.2, -0.15) is 0 Å². The fraction of sp³-hybridized carbons (Fsp3) is 0.320. The van der Waals surface area contributed by atoms with E-state index < -0.39 is 10.9 Å². The summed E-state index contributed by atoms with van der Waals surface area (Å²) in [7, 11) is 0. The van der Waals surface area contributed by atoms with E-state index in [-0.39, 0.29) is 29.1 Å². The lowest BCUT2D eigenvalue weighted by Gasteiger charge is -2.36. The average Bonchev–Trinajstić information content (AvgIpc) is 2.88. The Kier molecular flexibility index (Phi) is 7.57. The summed E-state index contributed by atoms with van der Waals surface area (Å²) in [6.07, 6.45) is 1.29. The Hall–Kier alpha value is -4.28. The summed E-state index contributed by atoms with van der Waals surface area (Å²) in [4.78, 5) is 35.9. The van der Waals surface area contributed by atoms with E-state index in [4.69, 9.17) is 4.74 Å². The molecule has 0 bridgehead atoms. The highest BCUT2D eigenvalue weighted by molar-refractivity contribution is 5.90. The smallest absolute Gasteiger partial charge is 0.353 e. The van der Waals surface area contributed by atoms with Crippen LogP contribution < -0.4 is 15.1 Å². The SMILES string of the molecule is CC(C)COC(=O)c1ccc(Nc2ncnc(N3CCN(c4ccc(F)cc4)CC3)c2[N+](=O)[O-])cc1. The van der Waals surface area contributed by atoms with Crippen molar-refractivity contribution in [2.75, 3.05) is 47.9 Å². The Morgan fingerprint density at radius 3 is 2.31 bits per heavy atom. The molecule has 36 heavy (non-hydrogen) atoms. The zero-order valence-corrected chi connectivity index (χ0v) is 20.1. The minimum absolute atomic E-state index is 0.0566. The molecule has 188 valence electrons. The summed E-state index contributed by atoms with van der Waals surface area (Å²) < 4.78 is 18.5. The van der Waals surface area contributed by atoms with Crippen LogP contribution >= 0.6 is 0 Å². The normalized spacial score (nSPS) is 13.6. The third-order valence-electron chi connectivity index (χ3n) is 5.69. The van der Waals surface area contributed by atoms with Gasteiger partial charge in [-0.1, -0.05) is 13.8 Å². The van der Waals surface area contributed by atoms with Crippen LogP contribution in [0.3, 0.4) is 0 Å². The lowest BCUT2D eigenvalue weighted by Crippen LogP contribution is -2.47. The summed E-state index contributed by atoms with van der Waals surface area (Å²) in [5.74, 6) is -0.209. The first-order valence-corrected chi connectivity index (χ1v) is 11.6. The van der Waals surface area contributed by atoms with Gasteiger partial charge in [0.05, 0.1) is 17.1 Å². The topological polar surface area (TPSA) is 114 Å². The number of nitro groups is 1. The summed E-state index contributed by atoms with van der Waals surface area (Å²) in [5, 5.41) is 15.0. The number of nitrogens with zero attached hydrogens (tertiary/aromatic N) is 5. The number of esters is 1. The van der Waals surface area contributed by atoms with Gasteiger partial charge >= 0.3 is 11.7 Å². The number of nitrogens with one attached hydrogen (secondary N) is 1. The van der Waals surface area contributed by atoms with Crippen LogP contribution in [0.25, 0.3) is 0 Å². The molecule has 2 aromatic carbocycles. The van der Waals surface area contributed by atoms with Crippen molar-refractivity contribution in [3.63, 3.8) is 0 Å². The molecular weight excluding hydrogens is 467 g/mol. The third-order valence-corrected chi connectivity index (χ3v) is 5.69. The highest BCUT2D eigenvalue weighted by Gasteiger charge is 2.29. The highest BCUT2D eigenvalue weighted by atomic mass is 19.1. The van der Waals surface area contributed by atoms with Crippen molar-refractivity contribution in [2.24, 2.45) is 5.92 Å². The number of rotatable bonds is 8. The Bertz CT molecular complexity index is 1210. The van der Waals surface area contributed by atoms with Crippen LogP contribution in [-0.4, -0.2) is 53.6 Å². The minimum Gasteiger partial charge on any atom is -0.462 e. The van der Waals surface area contributed by atoms with Crippen LogP contribution in [0.15, 0.2) is 54.9 Å². The summed E-state index contributed by atoms with van der Waals surface area (Å²) in [6.45, 7) is 6.44. The number of hydrogen-bond donors (Lipinski definition) is 1. The molecule has 1 aliphatic rings. The van der Waals surface area contributed by atoms with Gasteiger partial charge in [-0.05, 0) is 54.4 Å². The average molecular weight is 495 g/mol. The molecule has 4 rings (SSSR count). The quantitative estimate of drug-likeness (QED) is 0.276. The van der Waals surface area contributed by atoms with Crippen molar-refractivity contribution in [1.29, 1.82) is 0 Å². The number of aromatic nitrogens is 2. The molecule has 1 saturated heterocycles. The fourth-order valence-corrected chi connectivity index (χ4v) is 3.84. The molecule has 0 atom stereocenters. The second-order valence-corrected chi connectivity index (χ2v) is 8.80. The Balaban J connectivity index is 1.47. The molecule has 1 fully saturated rings. The van der Waals surface area contributed by atoms with Crippen LogP contribution in [0.5, 0.6) is 0 Å². The first-order chi connectivity index (χ1) is 17.3. The van der Waals surface area contributed by atoms with Gasteiger partial charge < -0.3 is 19.9 Å². The van der Waals surface area contributed by atoms with Crippen molar-refractivity contribution in [1.82, 2.24) is 9.97 Å². The number of carbonyl (C=O) groups is 1. The molecule has 3 aromatic rings. The number of benzene rings is 2. The van der Waals surface area contributed by atoms with Crippen LogP contribution in [0.4, 0.5) is 33.1 Å². The monoisotopic (exact) mass is 494 g/mol. The Morgan fingerprint density at radius 2 is 1.69 bits per heavy atom. The van der Waals surface area contributed by atoms with Crippen LogP contribution in [-0.2, 0) is 4.74 Å². The molecule has 0 spiro atoms. The van der Waals surface area contributed by atoms with Crippen LogP contribution in [0.2, 0.25) is 0 Å². The predicted octanol–water partition coefficient (Wildman–Crippen LogP) is 4.41. The standard InChI is InChI=1S/C25H27FN6O4/c1-17(2)15-36-25(33)18-3-7-20(8-4-18)29-23-22(32(34)35)24(28-16-27-23)31-13-11-30(12-14-31)21-9-5-19(26)6-10-21/h3-10,16-17H,11-15H2,1-2H3,(H,27,28,29). The van der Waals surface area contributed by atoms with Gasteiger partial charge in [-0.15, -0.1) is 0 Å². The third kappa shape index (κ3) is 5.85. The number of ether oxygens (including phenoxy) is 1. The number of carbonyl (C=O) groups excluding carboxylic acids is 1. The van der Waals surface area contributed by atoms with E-state index >= 15 is 0 Å². The maximum Gasteiger partial charge on any atom is 0.353 e. The molecule has 0 unspecified atom stereocenters. The maximum atomic E-state index is 13.2. The largest absolute Gasteiger partial charge is 0.462 e. The molecule has 0 radical (unpaired) electrons. The predicted molar refractivity (Wildman–Crippen MR) is 134 cm³/mol. The van der Waals surface area contributed by atoms with Gasteiger partial charge in [0.2, 0.25) is 11.6 Å². The first-order valence-electron chi connectivity index (χ1n) is 11.6. The molecule has 1 aromatic heterocycles. The zero-order valence-electron chi connectivity index (χ0n) is 20.1. The maximum absolute atomic E-state index is 13.2. The molecular formula is C25H27FN6O4. The zero-order chi connectivity index (χ0) is 25.7. The van der Waals surface area contributed by atoms with Gasteiger partial charge in [0, 0.05) is 37.6 Å². The van der Waals surface area contributed by atoms with E-state index in [1.807, 2.05) is 18.7 Å². The summed E-state index contributed by atoms with van der Waals surface area (Å²) in [5.41, 5.74) is 1.59. The van der Waals surface area contributed by atoms with E-state index in [2.05, 4.69) is 20.2 Å². The van der Waals surface area contributed by atoms with Crippen LogP contribution in [0, 0.1) is 21.8 Å². The lowest BCUT2D eigenvalue weighted by molar-refractivity contribution is -0.383. The summed E-state index contributed by atoms with van der Waals surface area (Å²) >= 11 is 0. The molecule has 10 nitrogen and oxygen atoms in total. The number of anilines is 4. The molecule has 0 aliphatic carbocycles. The van der Waals surface area contributed by atoms with Gasteiger partial charge in [-0.3, -0.25) is 10.1 Å². The van der Waals surface area contributed by atoms with Gasteiger partial charge in [-0.25, -0.2) is 19.2 Å². The lowest BCUT2D eigenvalue weighted by atomic mass is 10.2. The Morgan fingerprint density at radius 1 is 1.06 bits per heavy atom. The van der Waals surface area contributed by atoms with Crippen molar-refractivity contribution in [2.45, 2.75) is 13.8 Å². The van der Waals surface area contributed by atoms with E-state index in [1.165, 1.54) is 18.5 Å². The first kappa shape index (κ1) is 24.8. The molecule has 1 aliphatic heterocycles. The molecule has 11 heteroatoms. The van der Waals surface area contributed by atoms with Gasteiger partial charge in [0.25, 0.3) is 0 Å². The number of halogens is 1. The van der Waals surface area contributed by atoms with E-state index in [0.717, 1.165) is 5.69 Å². The van der Waals surface area contributed by atoms with E-state index in [1.54, 1.807) is 36.4 Å². The van der Waals surface area contributed by atoms with Crippen molar-refractivity contribution in [3.05, 3.63) is 76.4 Å². The number of piperazine rings is 1. The van der Waals surface area contributed by atoms with Gasteiger partial charge in [0.15, 0.2) is 0 Å². The van der Waals surface area contributed by atoms with Crippen molar-refractivity contribution in [3.8, 4) is 0 Å².